The summed E-state index contributed by atoms with van der Waals surface area (Å²) in [6.45, 7) is 1.17. The van der Waals surface area contributed by atoms with Gasteiger partial charge in [-0.3, -0.25) is 0 Å². The van der Waals surface area contributed by atoms with Gasteiger partial charge < -0.3 is 5.73 Å². The van der Waals surface area contributed by atoms with Gasteiger partial charge in [0.1, 0.15) is 0 Å². The molecule has 2 N–H and O–H groups in total. The summed E-state index contributed by atoms with van der Waals surface area (Å²) >= 11 is 5.00. The third-order valence-corrected chi connectivity index (χ3v) is 3.29. The molecule has 2 aromatic rings. The van der Waals surface area contributed by atoms with Gasteiger partial charge in [0.2, 0.25) is 0 Å². The molecule has 0 bridgehead atoms. The quantitative estimate of drug-likeness (QED) is 0.910. The minimum atomic E-state index is 0.532. The number of halogens is 1. The lowest BCUT2D eigenvalue weighted by atomic mass is 10.4. The van der Waals surface area contributed by atoms with Gasteiger partial charge in [0.15, 0.2) is 5.82 Å². The van der Waals surface area contributed by atoms with Crippen molar-refractivity contribution in [3.8, 4) is 10.7 Å². The smallest absolute Gasteiger partial charge is 0.192 e. The molecule has 2 aromatic heterocycles. The third kappa shape index (κ3) is 1.84. The first-order chi connectivity index (χ1) is 6.81. The highest BCUT2D eigenvalue weighted by atomic mass is 79.9. The second-order valence-electron chi connectivity index (χ2n) is 2.62. The first-order valence-corrected chi connectivity index (χ1v) is 5.64. The van der Waals surface area contributed by atoms with E-state index >= 15 is 0 Å². The molecule has 0 saturated carbocycles. The molecule has 2 heterocycles. The molecule has 2 rings (SSSR count). The molecule has 0 aliphatic carbocycles. The predicted molar refractivity (Wildman–Crippen MR) is 57.9 cm³/mol. The van der Waals surface area contributed by atoms with Crippen LogP contribution in [-0.2, 0) is 6.54 Å². The van der Waals surface area contributed by atoms with Crippen molar-refractivity contribution in [1.29, 1.82) is 0 Å². The van der Waals surface area contributed by atoms with Crippen molar-refractivity contribution in [1.82, 2.24) is 20.2 Å². The molecule has 74 valence electrons. The van der Waals surface area contributed by atoms with Crippen LogP contribution in [0, 0.1) is 0 Å². The van der Waals surface area contributed by atoms with Gasteiger partial charge in [0, 0.05) is 6.54 Å². The molecule has 0 saturated heterocycles. The number of tetrazole rings is 1. The van der Waals surface area contributed by atoms with Crippen LogP contribution < -0.4 is 5.73 Å². The molecule has 0 aromatic carbocycles. The molecule has 7 heteroatoms. The van der Waals surface area contributed by atoms with Crippen LogP contribution in [0.15, 0.2) is 15.9 Å². The van der Waals surface area contributed by atoms with Crippen LogP contribution in [0.1, 0.15) is 0 Å². The van der Waals surface area contributed by atoms with Gasteiger partial charge in [-0.05, 0) is 38.5 Å². The van der Waals surface area contributed by atoms with E-state index in [9.17, 15) is 0 Å². The van der Waals surface area contributed by atoms with Gasteiger partial charge in [0.25, 0.3) is 0 Å². The van der Waals surface area contributed by atoms with E-state index in [-0.39, 0.29) is 0 Å². The fourth-order valence-corrected chi connectivity index (χ4v) is 2.46. The number of nitrogens with zero attached hydrogens (tertiary/aromatic N) is 4. The molecule has 0 fully saturated rings. The highest BCUT2D eigenvalue weighted by molar-refractivity contribution is 9.11. The van der Waals surface area contributed by atoms with E-state index in [0.717, 1.165) is 14.5 Å². The normalized spacial score (nSPS) is 10.7. The lowest BCUT2D eigenvalue weighted by Gasteiger charge is -1.98. The summed E-state index contributed by atoms with van der Waals surface area (Å²) in [6, 6.07) is 3.95. The predicted octanol–water partition coefficient (Wildman–Crippen LogP) is 1.12. The zero-order valence-electron chi connectivity index (χ0n) is 7.22. The van der Waals surface area contributed by atoms with Gasteiger partial charge >= 0.3 is 0 Å². The molecule has 14 heavy (non-hydrogen) atoms. The summed E-state index contributed by atoms with van der Waals surface area (Å²) in [6.07, 6.45) is 0. The van der Waals surface area contributed by atoms with Crippen molar-refractivity contribution in [2.45, 2.75) is 6.54 Å². The van der Waals surface area contributed by atoms with Crippen LogP contribution in [0.5, 0.6) is 0 Å². The van der Waals surface area contributed by atoms with Crippen molar-refractivity contribution in [3.05, 3.63) is 15.9 Å². The topological polar surface area (TPSA) is 69.6 Å². The van der Waals surface area contributed by atoms with Crippen LogP contribution in [0.3, 0.4) is 0 Å². The van der Waals surface area contributed by atoms with Gasteiger partial charge in [-0.25, -0.2) is 4.68 Å². The zero-order valence-corrected chi connectivity index (χ0v) is 9.62. The van der Waals surface area contributed by atoms with Crippen molar-refractivity contribution < 1.29 is 0 Å². The lowest BCUT2D eigenvalue weighted by Crippen LogP contribution is -2.12. The van der Waals surface area contributed by atoms with E-state index in [0.29, 0.717) is 13.1 Å². The SMILES string of the molecule is NCCn1nnnc1-c1ccc(Br)s1. The van der Waals surface area contributed by atoms with Crippen LogP contribution in [0.2, 0.25) is 0 Å². The van der Waals surface area contributed by atoms with Crippen molar-refractivity contribution in [3.63, 3.8) is 0 Å². The minimum Gasteiger partial charge on any atom is -0.329 e. The van der Waals surface area contributed by atoms with E-state index in [1.165, 1.54) is 0 Å². The standard InChI is InChI=1S/C7H8BrN5S/c8-6-2-1-5(14-6)7-10-11-12-13(7)4-3-9/h1-2H,3-4,9H2. The first-order valence-electron chi connectivity index (χ1n) is 4.03. The Hall–Kier alpha value is -0.790. The fourth-order valence-electron chi connectivity index (χ4n) is 1.09. The maximum atomic E-state index is 5.45. The number of hydrogen-bond donors (Lipinski definition) is 1. The van der Waals surface area contributed by atoms with Crippen LogP contribution in [-0.4, -0.2) is 26.8 Å². The Morgan fingerprint density at radius 3 is 3.00 bits per heavy atom. The van der Waals surface area contributed by atoms with E-state index in [1.807, 2.05) is 12.1 Å². The van der Waals surface area contributed by atoms with Crippen molar-refractivity contribution >= 4 is 27.3 Å². The van der Waals surface area contributed by atoms with Crippen LogP contribution in [0.25, 0.3) is 10.7 Å². The number of aromatic nitrogens is 4. The molecular weight excluding hydrogens is 266 g/mol. The second kappa shape index (κ2) is 4.16. The Bertz CT molecular complexity index is 423. The average Bonchev–Trinajstić information content (AvgIpc) is 2.74. The Balaban J connectivity index is 2.36. The first kappa shape index (κ1) is 9.75. The van der Waals surface area contributed by atoms with E-state index in [2.05, 4.69) is 31.5 Å². The van der Waals surface area contributed by atoms with Crippen LogP contribution >= 0.6 is 27.3 Å². The summed E-state index contributed by atoms with van der Waals surface area (Å²) in [7, 11) is 0. The summed E-state index contributed by atoms with van der Waals surface area (Å²) in [5, 5.41) is 11.4. The second-order valence-corrected chi connectivity index (χ2v) is 5.08. The fraction of sp³-hybridized carbons (Fsp3) is 0.286. The molecule has 0 atom stereocenters. The molecule has 0 aliphatic rings. The summed E-state index contributed by atoms with van der Waals surface area (Å²) in [4.78, 5) is 1.04. The maximum Gasteiger partial charge on any atom is 0.192 e. The van der Waals surface area contributed by atoms with Gasteiger partial charge in [-0.1, -0.05) is 0 Å². The molecule has 0 amide bonds. The van der Waals surface area contributed by atoms with Crippen molar-refractivity contribution in [2.24, 2.45) is 5.73 Å². The third-order valence-electron chi connectivity index (χ3n) is 1.67. The molecule has 0 spiro atoms. The molecular formula is C7H8BrN5S. The largest absolute Gasteiger partial charge is 0.329 e. The summed E-state index contributed by atoms with van der Waals surface area (Å²) in [5.41, 5.74) is 5.45. The zero-order chi connectivity index (χ0) is 9.97. The Labute approximate surface area is 93.0 Å². The minimum absolute atomic E-state index is 0.532. The van der Waals surface area contributed by atoms with Crippen LogP contribution in [0.4, 0.5) is 0 Å². The van der Waals surface area contributed by atoms with E-state index < -0.39 is 0 Å². The maximum absolute atomic E-state index is 5.45. The number of rotatable bonds is 3. The van der Waals surface area contributed by atoms with Crippen molar-refractivity contribution in [2.75, 3.05) is 6.54 Å². The highest BCUT2D eigenvalue weighted by Crippen LogP contribution is 2.29. The lowest BCUT2D eigenvalue weighted by molar-refractivity contribution is 0.603. The van der Waals surface area contributed by atoms with Gasteiger partial charge in [-0.15, -0.1) is 16.4 Å². The number of nitrogens with two attached hydrogens (primary N) is 1. The van der Waals surface area contributed by atoms with Gasteiger partial charge in [0.05, 0.1) is 15.2 Å². The van der Waals surface area contributed by atoms with E-state index in [4.69, 9.17) is 5.73 Å². The Morgan fingerprint density at radius 1 is 1.50 bits per heavy atom. The Kier molecular flexibility index (Phi) is 2.90. The summed E-state index contributed by atoms with van der Waals surface area (Å²) in [5.74, 6) is 0.770. The monoisotopic (exact) mass is 273 g/mol. The molecule has 0 radical (unpaired) electrons. The highest BCUT2D eigenvalue weighted by Gasteiger charge is 2.09. The molecule has 5 nitrogen and oxygen atoms in total. The summed E-state index contributed by atoms with van der Waals surface area (Å²) < 4.78 is 2.77. The number of thiophene rings is 1. The van der Waals surface area contributed by atoms with Gasteiger partial charge in [-0.2, -0.15) is 0 Å². The average molecular weight is 274 g/mol. The molecule has 0 aliphatic heterocycles. The Morgan fingerprint density at radius 2 is 2.36 bits per heavy atom. The molecule has 0 unspecified atom stereocenters. The van der Waals surface area contributed by atoms with E-state index in [1.54, 1.807) is 16.0 Å². The number of hydrogen-bond acceptors (Lipinski definition) is 5.